The van der Waals surface area contributed by atoms with Crippen molar-refractivity contribution in [2.24, 2.45) is 0 Å². The minimum Gasteiger partial charge on any atom is -0.308 e. The first kappa shape index (κ1) is 39.5. The molecule has 0 radical (unpaired) electrons. The van der Waals surface area contributed by atoms with Crippen molar-refractivity contribution in [3.8, 4) is 97.5 Å². The molecule has 0 bridgehead atoms. The molecule has 0 N–H and O–H groups in total. The molecule has 65 heavy (non-hydrogen) atoms. The molecular formula is C55H28F2N8. The summed E-state index contributed by atoms with van der Waals surface area (Å²) in [7, 11) is 0. The fourth-order valence-corrected chi connectivity index (χ4v) is 8.21. The van der Waals surface area contributed by atoms with Gasteiger partial charge in [-0.05, 0) is 101 Å². The summed E-state index contributed by atoms with van der Waals surface area (Å²) in [5.74, 6) is -0.362. The molecule has 2 aromatic heterocycles. The molecule has 10 aromatic rings. The third kappa shape index (κ3) is 7.36. The molecule has 0 unspecified atom stereocenters. The Labute approximate surface area is 371 Å². The molecule has 0 aliphatic heterocycles. The molecule has 2 heterocycles. The van der Waals surface area contributed by atoms with Crippen LogP contribution in [0.25, 0.3) is 95.0 Å². The molecule has 0 saturated carbocycles. The van der Waals surface area contributed by atoms with Crippen molar-refractivity contribution in [2.45, 2.75) is 0 Å². The number of rotatable bonds is 7. The van der Waals surface area contributed by atoms with Gasteiger partial charge >= 0.3 is 0 Å². The summed E-state index contributed by atoms with van der Waals surface area (Å²) in [6, 6.07) is 58.5. The van der Waals surface area contributed by atoms with Gasteiger partial charge in [-0.25, -0.2) is 23.7 Å². The molecule has 8 aromatic carbocycles. The lowest BCUT2D eigenvalue weighted by atomic mass is 9.98. The maximum Gasteiger partial charge on any atom is 0.166 e. The largest absolute Gasteiger partial charge is 0.308 e. The van der Waals surface area contributed by atoms with Crippen LogP contribution < -0.4 is 0 Å². The lowest BCUT2D eigenvalue weighted by Crippen LogP contribution is -2.04. The Bertz CT molecular complexity index is 3480. The van der Waals surface area contributed by atoms with E-state index in [2.05, 4.69) is 28.8 Å². The predicted octanol–water partition coefficient (Wildman–Crippen LogP) is 12.7. The van der Waals surface area contributed by atoms with Gasteiger partial charge in [-0.3, -0.25) is 0 Å². The lowest BCUT2D eigenvalue weighted by molar-refractivity contribution is 0.585. The number of nitriles is 4. The predicted molar refractivity (Wildman–Crippen MR) is 246 cm³/mol. The summed E-state index contributed by atoms with van der Waals surface area (Å²) in [6.07, 6.45) is 0. The van der Waals surface area contributed by atoms with Crippen LogP contribution in [0.4, 0.5) is 8.78 Å². The Morgan fingerprint density at radius 3 is 1.29 bits per heavy atom. The van der Waals surface area contributed by atoms with Crippen LogP contribution in [0, 0.1) is 57.0 Å². The second kappa shape index (κ2) is 16.3. The number of aromatic nitrogens is 4. The van der Waals surface area contributed by atoms with Crippen molar-refractivity contribution < 1.29 is 8.78 Å². The summed E-state index contributed by atoms with van der Waals surface area (Å²) in [5.41, 5.74) is 8.83. The van der Waals surface area contributed by atoms with Crippen molar-refractivity contribution in [3.05, 3.63) is 204 Å². The maximum absolute atomic E-state index is 15.7. The molecular weight excluding hydrogens is 811 g/mol. The first-order chi connectivity index (χ1) is 31.8. The Morgan fingerprint density at radius 1 is 0.369 bits per heavy atom. The van der Waals surface area contributed by atoms with Crippen LogP contribution in [0.1, 0.15) is 22.3 Å². The highest BCUT2D eigenvalue weighted by molar-refractivity contribution is 6.11. The molecule has 0 spiro atoms. The normalized spacial score (nSPS) is 10.9. The molecule has 302 valence electrons. The van der Waals surface area contributed by atoms with Gasteiger partial charge in [-0.2, -0.15) is 21.0 Å². The van der Waals surface area contributed by atoms with Gasteiger partial charge in [-0.15, -0.1) is 0 Å². The van der Waals surface area contributed by atoms with E-state index >= 15 is 4.39 Å². The van der Waals surface area contributed by atoms with E-state index in [-0.39, 0.29) is 11.4 Å². The summed E-state index contributed by atoms with van der Waals surface area (Å²) in [6.45, 7) is 0. The zero-order valence-corrected chi connectivity index (χ0v) is 34.0. The number of hydrogen-bond acceptors (Lipinski definition) is 7. The van der Waals surface area contributed by atoms with E-state index in [1.165, 1.54) is 12.1 Å². The van der Waals surface area contributed by atoms with Crippen LogP contribution in [0.5, 0.6) is 0 Å². The molecule has 10 heteroatoms. The SMILES string of the molecule is N#Cc1cc(C#N)cc(-c2ccc3c4ccc(-c5cc(C#N)cc(C#N)c5)cc4n(-c4ccc(-c5ccc(F)cc5F)cc4-c4nc(-c5ccccc5)nc(-c5ccccc5)n4)c3c2)c1. The summed E-state index contributed by atoms with van der Waals surface area (Å²) in [5, 5.41) is 41.2. The van der Waals surface area contributed by atoms with Crippen LogP contribution in [0.2, 0.25) is 0 Å². The minimum atomic E-state index is -0.742. The molecule has 0 aliphatic carbocycles. The summed E-state index contributed by atoms with van der Waals surface area (Å²) >= 11 is 0. The number of nitrogens with zero attached hydrogens (tertiary/aromatic N) is 8. The van der Waals surface area contributed by atoms with Crippen molar-refractivity contribution in [2.75, 3.05) is 0 Å². The fraction of sp³-hybridized carbons (Fsp3) is 0. The van der Waals surface area contributed by atoms with Crippen molar-refractivity contribution in [1.82, 2.24) is 19.5 Å². The van der Waals surface area contributed by atoms with Gasteiger partial charge in [0.15, 0.2) is 17.5 Å². The van der Waals surface area contributed by atoms with Crippen LogP contribution in [-0.4, -0.2) is 19.5 Å². The standard InChI is InChI=1S/C55H28F2N8/c56-44-14-17-45(49(57)28-44)41-13-18-50(48(25-41)55-63-53(37-7-3-1-4-8-37)62-54(64-55)38-9-5-2-6-10-38)65-51-26-39(42-21-33(29-58)19-34(22-42)30-59)11-15-46(51)47-16-12-40(27-52(47)65)43-23-35(31-60)20-36(24-43)32-61/h1-28H. The number of halogens is 2. The number of benzene rings is 8. The molecule has 0 aliphatic rings. The van der Waals surface area contributed by atoms with Gasteiger partial charge in [-0.1, -0.05) is 91.0 Å². The quantitative estimate of drug-likeness (QED) is 0.156. The molecule has 0 amide bonds. The fourth-order valence-electron chi connectivity index (χ4n) is 8.21. The van der Waals surface area contributed by atoms with Gasteiger partial charge in [0.1, 0.15) is 11.6 Å². The average Bonchev–Trinajstić information content (AvgIpc) is 3.68. The van der Waals surface area contributed by atoms with E-state index in [0.29, 0.717) is 61.8 Å². The van der Waals surface area contributed by atoms with Crippen LogP contribution in [0.15, 0.2) is 170 Å². The smallest absolute Gasteiger partial charge is 0.166 e. The van der Waals surface area contributed by atoms with Gasteiger partial charge in [0.25, 0.3) is 0 Å². The average molecular weight is 839 g/mol. The zero-order valence-electron chi connectivity index (χ0n) is 34.0. The van der Waals surface area contributed by atoms with Gasteiger partial charge < -0.3 is 4.57 Å². The van der Waals surface area contributed by atoms with Crippen LogP contribution >= 0.6 is 0 Å². The van der Waals surface area contributed by atoms with E-state index in [9.17, 15) is 25.4 Å². The number of hydrogen-bond donors (Lipinski definition) is 0. The van der Waals surface area contributed by atoms with Gasteiger partial charge in [0.05, 0.1) is 63.3 Å². The first-order valence-electron chi connectivity index (χ1n) is 20.3. The third-order valence-electron chi connectivity index (χ3n) is 11.2. The molecule has 0 fully saturated rings. The Morgan fingerprint density at radius 2 is 0.831 bits per heavy atom. The topological polar surface area (TPSA) is 139 Å². The second-order valence-corrected chi connectivity index (χ2v) is 15.2. The lowest BCUT2D eigenvalue weighted by Gasteiger charge is -2.17. The molecule has 0 atom stereocenters. The maximum atomic E-state index is 15.7. The van der Waals surface area contributed by atoms with E-state index < -0.39 is 11.6 Å². The van der Waals surface area contributed by atoms with Crippen molar-refractivity contribution >= 4 is 21.8 Å². The van der Waals surface area contributed by atoms with E-state index in [0.717, 1.165) is 50.1 Å². The zero-order chi connectivity index (χ0) is 44.6. The molecule has 8 nitrogen and oxygen atoms in total. The highest BCUT2D eigenvalue weighted by Gasteiger charge is 2.22. The molecule has 0 saturated heterocycles. The van der Waals surface area contributed by atoms with Crippen LogP contribution in [0.3, 0.4) is 0 Å². The molecule has 10 rings (SSSR count). The van der Waals surface area contributed by atoms with E-state index in [1.54, 1.807) is 48.5 Å². The van der Waals surface area contributed by atoms with Gasteiger partial charge in [0, 0.05) is 39.1 Å². The number of fused-ring (bicyclic) bond motifs is 3. The van der Waals surface area contributed by atoms with E-state index in [1.807, 2.05) is 103 Å². The summed E-state index contributed by atoms with van der Waals surface area (Å²) in [4.78, 5) is 15.1. The highest BCUT2D eigenvalue weighted by Crippen LogP contribution is 2.41. The third-order valence-corrected chi connectivity index (χ3v) is 11.2. The Balaban J connectivity index is 1.32. The van der Waals surface area contributed by atoms with Crippen LogP contribution in [-0.2, 0) is 0 Å². The Kier molecular flexibility index (Phi) is 9.94. The summed E-state index contributed by atoms with van der Waals surface area (Å²) < 4.78 is 32.1. The van der Waals surface area contributed by atoms with E-state index in [4.69, 9.17) is 15.0 Å². The monoisotopic (exact) mass is 838 g/mol. The highest BCUT2D eigenvalue weighted by atomic mass is 19.1. The minimum absolute atomic E-state index is 0.169. The first-order valence-corrected chi connectivity index (χ1v) is 20.3. The van der Waals surface area contributed by atoms with Crippen molar-refractivity contribution in [3.63, 3.8) is 0 Å². The van der Waals surface area contributed by atoms with Gasteiger partial charge in [0.2, 0.25) is 0 Å². The van der Waals surface area contributed by atoms with Crippen molar-refractivity contribution in [1.29, 1.82) is 21.0 Å². The Hall–Kier alpha value is -9.61. The second-order valence-electron chi connectivity index (χ2n) is 15.2.